The van der Waals surface area contributed by atoms with Crippen LogP contribution in [0.15, 0.2) is 0 Å². The first-order chi connectivity index (χ1) is 6.42. The first-order valence-corrected chi connectivity index (χ1v) is 5.10. The van der Waals surface area contributed by atoms with Crippen molar-refractivity contribution in [3.05, 3.63) is 0 Å². The highest BCUT2D eigenvalue weighted by molar-refractivity contribution is 5.77. The lowest BCUT2D eigenvalue weighted by atomic mass is 9.90. The van der Waals surface area contributed by atoms with E-state index >= 15 is 0 Å². The summed E-state index contributed by atoms with van der Waals surface area (Å²) in [6, 6.07) is 2.16. The van der Waals surface area contributed by atoms with Gasteiger partial charge in [0.1, 0.15) is 0 Å². The van der Waals surface area contributed by atoms with Crippen LogP contribution in [0.4, 0.5) is 0 Å². The third-order valence-electron chi connectivity index (χ3n) is 2.51. The van der Waals surface area contributed by atoms with Gasteiger partial charge in [0.25, 0.3) is 0 Å². The zero-order valence-electron chi connectivity index (χ0n) is 9.21. The Morgan fingerprint density at radius 2 is 2.07 bits per heavy atom. The Kier molecular flexibility index (Phi) is 3.15. The molecule has 0 unspecified atom stereocenters. The first-order valence-electron chi connectivity index (χ1n) is 5.10. The SMILES string of the molecule is CC(C)(C)CCC(=O)N1CC(C#N)C1. The molecule has 0 bridgehead atoms. The lowest BCUT2D eigenvalue weighted by Crippen LogP contribution is -2.49. The minimum atomic E-state index is 0.0774. The number of carbonyl (C=O) groups excluding carboxylic acids is 1. The van der Waals surface area contributed by atoms with Crippen LogP contribution >= 0.6 is 0 Å². The molecule has 3 heteroatoms. The molecule has 0 spiro atoms. The highest BCUT2D eigenvalue weighted by Gasteiger charge is 2.30. The summed E-state index contributed by atoms with van der Waals surface area (Å²) in [7, 11) is 0. The molecular weight excluding hydrogens is 176 g/mol. The van der Waals surface area contributed by atoms with Crippen molar-refractivity contribution in [2.75, 3.05) is 13.1 Å². The molecule has 0 aliphatic carbocycles. The third kappa shape index (κ3) is 3.02. The molecule has 3 nitrogen and oxygen atoms in total. The second kappa shape index (κ2) is 4.00. The molecule has 0 aromatic heterocycles. The zero-order valence-corrected chi connectivity index (χ0v) is 9.21. The van der Waals surface area contributed by atoms with E-state index in [0.717, 1.165) is 6.42 Å². The topological polar surface area (TPSA) is 44.1 Å². The van der Waals surface area contributed by atoms with Crippen LogP contribution in [0.2, 0.25) is 0 Å². The molecule has 1 rings (SSSR count). The van der Waals surface area contributed by atoms with Crippen LogP contribution in [0.25, 0.3) is 0 Å². The highest BCUT2D eigenvalue weighted by atomic mass is 16.2. The Hall–Kier alpha value is -1.04. The molecule has 0 atom stereocenters. The van der Waals surface area contributed by atoms with E-state index in [-0.39, 0.29) is 17.2 Å². The van der Waals surface area contributed by atoms with Crippen molar-refractivity contribution in [3.63, 3.8) is 0 Å². The number of likely N-dealkylation sites (tertiary alicyclic amines) is 1. The van der Waals surface area contributed by atoms with E-state index in [9.17, 15) is 4.79 Å². The van der Waals surface area contributed by atoms with Gasteiger partial charge in [-0.1, -0.05) is 20.8 Å². The van der Waals surface area contributed by atoms with Crippen molar-refractivity contribution in [1.29, 1.82) is 5.26 Å². The van der Waals surface area contributed by atoms with Crippen LogP contribution < -0.4 is 0 Å². The summed E-state index contributed by atoms with van der Waals surface area (Å²) in [6.45, 7) is 7.68. The summed E-state index contributed by atoms with van der Waals surface area (Å²) in [5, 5.41) is 8.56. The van der Waals surface area contributed by atoms with Crippen molar-refractivity contribution in [2.45, 2.75) is 33.6 Å². The second-order valence-electron chi connectivity index (χ2n) is 5.19. The van der Waals surface area contributed by atoms with E-state index in [2.05, 4.69) is 26.8 Å². The van der Waals surface area contributed by atoms with Gasteiger partial charge in [0.05, 0.1) is 12.0 Å². The van der Waals surface area contributed by atoms with E-state index in [1.54, 1.807) is 4.90 Å². The number of nitriles is 1. The Morgan fingerprint density at radius 3 is 2.50 bits per heavy atom. The van der Waals surface area contributed by atoms with Crippen LogP contribution in [0.5, 0.6) is 0 Å². The van der Waals surface area contributed by atoms with Gasteiger partial charge in [-0.15, -0.1) is 0 Å². The average molecular weight is 194 g/mol. The van der Waals surface area contributed by atoms with E-state index < -0.39 is 0 Å². The fraction of sp³-hybridized carbons (Fsp3) is 0.818. The quantitative estimate of drug-likeness (QED) is 0.672. The molecule has 14 heavy (non-hydrogen) atoms. The zero-order chi connectivity index (χ0) is 10.8. The van der Waals surface area contributed by atoms with Gasteiger partial charge < -0.3 is 4.90 Å². The van der Waals surface area contributed by atoms with Crippen molar-refractivity contribution in [1.82, 2.24) is 4.90 Å². The summed E-state index contributed by atoms with van der Waals surface area (Å²) in [5.41, 5.74) is 0.217. The lowest BCUT2D eigenvalue weighted by Gasteiger charge is -2.35. The molecule has 0 aromatic rings. The molecule has 1 aliphatic heterocycles. The van der Waals surface area contributed by atoms with Gasteiger partial charge in [0.15, 0.2) is 0 Å². The summed E-state index contributed by atoms with van der Waals surface area (Å²) >= 11 is 0. The maximum Gasteiger partial charge on any atom is 0.222 e. The lowest BCUT2D eigenvalue weighted by molar-refractivity contribution is -0.136. The normalized spacial score (nSPS) is 17.4. The van der Waals surface area contributed by atoms with Crippen molar-refractivity contribution >= 4 is 5.91 Å². The molecule has 0 N–H and O–H groups in total. The Balaban J connectivity index is 2.22. The maximum atomic E-state index is 11.5. The van der Waals surface area contributed by atoms with Gasteiger partial charge in [-0.2, -0.15) is 5.26 Å². The summed E-state index contributed by atoms with van der Waals surface area (Å²) < 4.78 is 0. The molecule has 0 radical (unpaired) electrons. The molecule has 0 aromatic carbocycles. The van der Waals surface area contributed by atoms with E-state index in [0.29, 0.717) is 19.5 Å². The fourth-order valence-electron chi connectivity index (χ4n) is 1.40. The van der Waals surface area contributed by atoms with Crippen LogP contribution in [0, 0.1) is 22.7 Å². The van der Waals surface area contributed by atoms with Gasteiger partial charge in [-0.05, 0) is 11.8 Å². The molecule has 0 saturated carbocycles. The Bertz CT molecular complexity index is 253. The molecule has 1 saturated heterocycles. The minimum absolute atomic E-state index is 0.0774. The number of rotatable bonds is 2. The van der Waals surface area contributed by atoms with Crippen molar-refractivity contribution in [3.8, 4) is 6.07 Å². The highest BCUT2D eigenvalue weighted by Crippen LogP contribution is 2.23. The van der Waals surface area contributed by atoms with Crippen LogP contribution in [0.1, 0.15) is 33.6 Å². The van der Waals surface area contributed by atoms with Gasteiger partial charge >= 0.3 is 0 Å². The van der Waals surface area contributed by atoms with Crippen LogP contribution in [-0.2, 0) is 4.79 Å². The smallest absolute Gasteiger partial charge is 0.222 e. The molecule has 1 amide bonds. The van der Waals surface area contributed by atoms with Crippen molar-refractivity contribution in [2.24, 2.45) is 11.3 Å². The second-order valence-corrected chi connectivity index (χ2v) is 5.19. The Labute approximate surface area is 85.7 Å². The van der Waals surface area contributed by atoms with Crippen molar-refractivity contribution < 1.29 is 4.79 Å². The average Bonchev–Trinajstić information content (AvgIpc) is 1.97. The fourth-order valence-corrected chi connectivity index (χ4v) is 1.40. The molecule has 1 fully saturated rings. The number of hydrogen-bond acceptors (Lipinski definition) is 2. The minimum Gasteiger partial charge on any atom is -0.340 e. The standard InChI is InChI=1S/C11H18N2O/c1-11(2,3)5-4-10(14)13-7-9(6-12)8-13/h9H,4-5,7-8H2,1-3H3. The number of carbonyl (C=O) groups is 1. The van der Waals surface area contributed by atoms with Gasteiger partial charge in [0, 0.05) is 19.5 Å². The molecule has 1 heterocycles. The predicted molar refractivity (Wildman–Crippen MR) is 54.4 cm³/mol. The predicted octanol–water partition coefficient (Wildman–Crippen LogP) is 1.79. The van der Waals surface area contributed by atoms with E-state index in [1.807, 2.05) is 0 Å². The monoisotopic (exact) mass is 194 g/mol. The van der Waals surface area contributed by atoms with E-state index in [1.165, 1.54) is 0 Å². The van der Waals surface area contributed by atoms with Crippen LogP contribution in [-0.4, -0.2) is 23.9 Å². The first kappa shape index (κ1) is 11.0. The molecule has 1 aliphatic rings. The van der Waals surface area contributed by atoms with Gasteiger partial charge in [0.2, 0.25) is 5.91 Å². The third-order valence-corrected chi connectivity index (χ3v) is 2.51. The largest absolute Gasteiger partial charge is 0.340 e. The number of hydrogen-bond donors (Lipinski definition) is 0. The van der Waals surface area contributed by atoms with Crippen LogP contribution in [0.3, 0.4) is 0 Å². The van der Waals surface area contributed by atoms with Gasteiger partial charge in [-0.25, -0.2) is 0 Å². The maximum absolute atomic E-state index is 11.5. The summed E-state index contributed by atoms with van der Waals surface area (Å²) in [4.78, 5) is 13.3. The van der Waals surface area contributed by atoms with Gasteiger partial charge in [-0.3, -0.25) is 4.79 Å². The number of nitrogens with zero attached hydrogens (tertiary/aromatic N) is 2. The Morgan fingerprint density at radius 1 is 1.50 bits per heavy atom. The number of amides is 1. The molecule has 78 valence electrons. The van der Waals surface area contributed by atoms with E-state index in [4.69, 9.17) is 5.26 Å². The summed E-state index contributed by atoms with van der Waals surface area (Å²) in [6.07, 6.45) is 1.53. The summed E-state index contributed by atoms with van der Waals surface area (Å²) in [5.74, 6) is 0.278. The molecular formula is C11H18N2O.